The molecule has 0 unspecified atom stereocenters. The van der Waals surface area contributed by atoms with Crippen molar-refractivity contribution in [1.29, 1.82) is 0 Å². The Morgan fingerprint density at radius 2 is 1.69 bits per heavy atom. The van der Waals surface area contributed by atoms with E-state index in [0.29, 0.717) is 41.1 Å². The summed E-state index contributed by atoms with van der Waals surface area (Å²) in [6.45, 7) is 4.59. The third-order valence-electron chi connectivity index (χ3n) is 5.42. The van der Waals surface area contributed by atoms with Gasteiger partial charge in [-0.05, 0) is 41.3 Å². The van der Waals surface area contributed by atoms with Gasteiger partial charge in [0.1, 0.15) is 12.4 Å². The first-order valence-corrected chi connectivity index (χ1v) is 11.5. The van der Waals surface area contributed by atoms with Gasteiger partial charge in [-0.2, -0.15) is 5.10 Å². The summed E-state index contributed by atoms with van der Waals surface area (Å²) in [7, 11) is 4.51. The van der Waals surface area contributed by atoms with E-state index < -0.39 is 5.91 Å². The first-order chi connectivity index (χ1) is 17.3. The van der Waals surface area contributed by atoms with E-state index >= 15 is 0 Å². The second-order valence-electron chi connectivity index (χ2n) is 8.11. The Bertz CT molecular complexity index is 1240. The van der Waals surface area contributed by atoms with Crippen LogP contribution in [-0.2, 0) is 6.61 Å². The number of nitrogens with one attached hydrogen (secondary N) is 1. The Kier molecular flexibility index (Phi) is 9.02. The summed E-state index contributed by atoms with van der Waals surface area (Å²) in [5.41, 5.74) is 5.38. The molecule has 3 aromatic rings. The molecule has 0 fully saturated rings. The maximum absolute atomic E-state index is 12.4. The summed E-state index contributed by atoms with van der Waals surface area (Å²) in [6.07, 6.45) is 1.40. The number of amides is 1. The number of methoxy groups -OCH3 is 3. The Balaban J connectivity index is 1.83. The average molecular weight is 513 g/mol. The summed E-state index contributed by atoms with van der Waals surface area (Å²) < 4.78 is 22.8. The van der Waals surface area contributed by atoms with Crippen molar-refractivity contribution in [3.63, 3.8) is 0 Å². The van der Waals surface area contributed by atoms with E-state index in [1.807, 2.05) is 12.1 Å². The maximum atomic E-state index is 12.4. The van der Waals surface area contributed by atoms with Gasteiger partial charge in [0, 0.05) is 11.1 Å². The molecule has 0 aliphatic rings. The molecule has 190 valence electrons. The number of nitrogens with zero attached hydrogens (tertiary/aromatic N) is 1. The fraction of sp³-hybridized carbons (Fsp3) is 0.259. The normalized spacial score (nSPS) is 11.0. The second kappa shape index (κ2) is 12.2. The molecular weight excluding hydrogens is 484 g/mol. The van der Waals surface area contributed by atoms with E-state index in [1.54, 1.807) is 6.07 Å². The van der Waals surface area contributed by atoms with Gasteiger partial charge in [0.15, 0.2) is 11.5 Å². The van der Waals surface area contributed by atoms with E-state index in [-0.39, 0.29) is 16.3 Å². The van der Waals surface area contributed by atoms with Crippen LogP contribution in [0.5, 0.6) is 28.7 Å². The van der Waals surface area contributed by atoms with Crippen LogP contribution < -0.4 is 24.4 Å². The number of hydrogen-bond acceptors (Lipinski definition) is 7. The molecule has 9 heteroatoms. The van der Waals surface area contributed by atoms with Crippen molar-refractivity contribution < 1.29 is 28.8 Å². The highest BCUT2D eigenvalue weighted by molar-refractivity contribution is 6.32. The van der Waals surface area contributed by atoms with E-state index in [2.05, 4.69) is 36.5 Å². The number of hydrogen-bond donors (Lipinski definition) is 2. The van der Waals surface area contributed by atoms with Crippen LogP contribution in [-0.4, -0.2) is 38.6 Å². The monoisotopic (exact) mass is 512 g/mol. The largest absolute Gasteiger partial charge is 0.506 e. The summed E-state index contributed by atoms with van der Waals surface area (Å²) in [4.78, 5) is 12.4. The lowest BCUT2D eigenvalue weighted by atomic mass is 10.0. The highest BCUT2D eigenvalue weighted by atomic mass is 35.5. The number of aromatic hydroxyl groups is 1. The molecule has 0 spiro atoms. The Morgan fingerprint density at radius 1 is 1.00 bits per heavy atom. The lowest BCUT2D eigenvalue weighted by Gasteiger charge is -2.19. The zero-order valence-electron chi connectivity index (χ0n) is 20.8. The van der Waals surface area contributed by atoms with Crippen LogP contribution in [0.15, 0.2) is 53.6 Å². The minimum Gasteiger partial charge on any atom is -0.506 e. The van der Waals surface area contributed by atoms with Gasteiger partial charge in [-0.15, -0.1) is 0 Å². The molecule has 0 saturated carbocycles. The Hall–Kier alpha value is -3.91. The first kappa shape index (κ1) is 26.7. The second-order valence-corrected chi connectivity index (χ2v) is 8.52. The van der Waals surface area contributed by atoms with Gasteiger partial charge in [-0.3, -0.25) is 4.79 Å². The Morgan fingerprint density at radius 3 is 2.28 bits per heavy atom. The minimum atomic E-state index is -0.505. The van der Waals surface area contributed by atoms with E-state index in [4.69, 9.17) is 30.5 Å². The topological polar surface area (TPSA) is 98.6 Å². The van der Waals surface area contributed by atoms with Crippen molar-refractivity contribution in [1.82, 2.24) is 5.43 Å². The summed E-state index contributed by atoms with van der Waals surface area (Å²) >= 11 is 5.87. The molecule has 0 aliphatic heterocycles. The zero-order valence-corrected chi connectivity index (χ0v) is 21.6. The SMILES string of the molecule is COc1cc(C=NNC(=O)c2ccc(O)c(Cl)c2)c(OC)c(OC)c1OCc1ccc(C(C)C)cc1. The van der Waals surface area contributed by atoms with Crippen molar-refractivity contribution in [3.05, 3.63) is 75.8 Å². The highest BCUT2D eigenvalue weighted by Crippen LogP contribution is 2.46. The number of hydrazone groups is 1. The molecule has 0 aliphatic carbocycles. The third-order valence-corrected chi connectivity index (χ3v) is 5.73. The highest BCUT2D eigenvalue weighted by Gasteiger charge is 2.22. The van der Waals surface area contributed by atoms with E-state index in [0.717, 1.165) is 5.56 Å². The molecule has 0 heterocycles. The van der Waals surface area contributed by atoms with Gasteiger partial charge in [-0.25, -0.2) is 5.43 Å². The predicted octanol–water partition coefficient (Wildman–Crippen LogP) is 5.54. The van der Waals surface area contributed by atoms with Crippen LogP contribution in [0.2, 0.25) is 5.02 Å². The number of carbonyl (C=O) groups excluding carboxylic acids is 1. The predicted molar refractivity (Wildman–Crippen MR) is 139 cm³/mol. The average Bonchev–Trinajstić information content (AvgIpc) is 2.88. The molecule has 36 heavy (non-hydrogen) atoms. The molecule has 8 nitrogen and oxygen atoms in total. The molecule has 0 aromatic heterocycles. The van der Waals surface area contributed by atoms with Crippen LogP contribution in [0.25, 0.3) is 0 Å². The lowest BCUT2D eigenvalue weighted by Crippen LogP contribution is -2.17. The first-order valence-electron chi connectivity index (χ1n) is 11.2. The van der Waals surface area contributed by atoms with Crippen LogP contribution in [0.3, 0.4) is 0 Å². The van der Waals surface area contributed by atoms with Gasteiger partial charge in [0.05, 0.1) is 32.6 Å². The van der Waals surface area contributed by atoms with Crippen molar-refractivity contribution in [2.24, 2.45) is 5.10 Å². The Labute approximate surface area is 215 Å². The zero-order chi connectivity index (χ0) is 26.2. The summed E-state index contributed by atoms with van der Waals surface area (Å²) in [5.74, 6) is 1.30. The molecule has 3 aromatic carbocycles. The molecule has 0 radical (unpaired) electrons. The molecule has 3 rings (SSSR count). The van der Waals surface area contributed by atoms with Crippen molar-refractivity contribution >= 4 is 23.7 Å². The van der Waals surface area contributed by atoms with Crippen molar-refractivity contribution in [2.75, 3.05) is 21.3 Å². The summed E-state index contributed by atoms with van der Waals surface area (Å²) in [5, 5.41) is 13.6. The number of phenols is 1. The standard InChI is InChI=1S/C27H29ClN2O6/c1-16(2)18-8-6-17(7-9-18)15-36-25-23(33-3)13-20(24(34-4)26(25)35-5)14-29-30-27(32)19-10-11-22(31)21(28)12-19/h6-14,16,31H,15H2,1-5H3,(H,30,32). The van der Waals surface area contributed by atoms with Gasteiger partial charge in [0.25, 0.3) is 5.91 Å². The molecular formula is C27H29ClN2O6. The molecule has 2 N–H and O–H groups in total. The smallest absolute Gasteiger partial charge is 0.271 e. The van der Waals surface area contributed by atoms with Crippen LogP contribution in [0.4, 0.5) is 0 Å². The van der Waals surface area contributed by atoms with E-state index in [1.165, 1.54) is 51.3 Å². The van der Waals surface area contributed by atoms with Crippen molar-refractivity contribution in [2.45, 2.75) is 26.4 Å². The number of phenolic OH excluding ortho intramolecular Hbond substituents is 1. The lowest BCUT2D eigenvalue weighted by molar-refractivity contribution is 0.0955. The van der Waals surface area contributed by atoms with Gasteiger partial charge >= 0.3 is 0 Å². The molecule has 0 bridgehead atoms. The number of rotatable bonds is 10. The molecule has 0 atom stereocenters. The fourth-order valence-corrected chi connectivity index (χ4v) is 3.61. The van der Waals surface area contributed by atoms with Crippen LogP contribution in [0, 0.1) is 0 Å². The quantitative estimate of drug-likeness (QED) is 0.273. The molecule has 1 amide bonds. The number of benzene rings is 3. The van der Waals surface area contributed by atoms with Crippen LogP contribution in [0.1, 0.15) is 46.8 Å². The molecule has 0 saturated heterocycles. The number of carbonyl (C=O) groups is 1. The van der Waals surface area contributed by atoms with Crippen molar-refractivity contribution in [3.8, 4) is 28.7 Å². The fourth-order valence-electron chi connectivity index (χ4n) is 3.43. The van der Waals surface area contributed by atoms with Gasteiger partial charge in [0.2, 0.25) is 11.5 Å². The third kappa shape index (κ3) is 6.20. The number of halogens is 1. The van der Waals surface area contributed by atoms with Gasteiger partial charge in [-0.1, -0.05) is 49.7 Å². The maximum Gasteiger partial charge on any atom is 0.271 e. The summed E-state index contributed by atoms with van der Waals surface area (Å²) in [6, 6.07) is 14.0. The van der Waals surface area contributed by atoms with Crippen LogP contribution >= 0.6 is 11.6 Å². The minimum absolute atomic E-state index is 0.0641. The van der Waals surface area contributed by atoms with E-state index in [9.17, 15) is 9.90 Å². The van der Waals surface area contributed by atoms with Gasteiger partial charge < -0.3 is 24.1 Å². The number of ether oxygens (including phenoxy) is 4.